The van der Waals surface area contributed by atoms with Crippen LogP contribution in [0.5, 0.6) is 0 Å². The highest BCUT2D eigenvalue weighted by Gasteiger charge is 2.03. The SMILES string of the molecule is C=C(C)C(=O)OOCCCCCCCCCCCCCCCCCCCCCCCCCCCCCC. The van der Waals surface area contributed by atoms with E-state index in [1.807, 2.05) is 0 Å². The molecule has 3 heteroatoms. The van der Waals surface area contributed by atoms with Crippen molar-refractivity contribution < 1.29 is 14.6 Å². The predicted octanol–water partition coefficient (Wildman–Crippen LogP) is 12.0. The zero-order valence-corrected chi connectivity index (χ0v) is 25.4. The highest BCUT2D eigenvalue weighted by molar-refractivity contribution is 5.86. The molecule has 0 saturated carbocycles. The van der Waals surface area contributed by atoms with Gasteiger partial charge in [0.1, 0.15) is 0 Å². The lowest BCUT2D eigenvalue weighted by atomic mass is 10.0. The van der Waals surface area contributed by atoms with Gasteiger partial charge in [-0.15, -0.1) is 0 Å². The zero-order chi connectivity index (χ0) is 27.1. The first kappa shape index (κ1) is 36.2. The van der Waals surface area contributed by atoms with Crippen LogP contribution in [-0.4, -0.2) is 12.6 Å². The Morgan fingerprint density at radius 3 is 0.946 bits per heavy atom. The summed E-state index contributed by atoms with van der Waals surface area (Å²) < 4.78 is 0. The van der Waals surface area contributed by atoms with Crippen LogP contribution < -0.4 is 0 Å². The quantitative estimate of drug-likeness (QED) is 0.0393. The van der Waals surface area contributed by atoms with Gasteiger partial charge >= 0.3 is 5.97 Å². The molecule has 220 valence electrons. The van der Waals surface area contributed by atoms with E-state index < -0.39 is 5.97 Å². The van der Waals surface area contributed by atoms with Crippen molar-refractivity contribution in [1.82, 2.24) is 0 Å². The first-order valence-corrected chi connectivity index (χ1v) is 16.7. The molecule has 0 atom stereocenters. The molecule has 0 aliphatic carbocycles. The van der Waals surface area contributed by atoms with Gasteiger partial charge in [0.2, 0.25) is 0 Å². The Balaban J connectivity index is 3.05. The van der Waals surface area contributed by atoms with Gasteiger partial charge in [-0.1, -0.05) is 187 Å². The number of hydrogen-bond acceptors (Lipinski definition) is 3. The third-order valence-electron chi connectivity index (χ3n) is 7.56. The van der Waals surface area contributed by atoms with E-state index in [0.717, 1.165) is 12.8 Å². The third-order valence-corrected chi connectivity index (χ3v) is 7.56. The van der Waals surface area contributed by atoms with Gasteiger partial charge in [0.25, 0.3) is 0 Å². The van der Waals surface area contributed by atoms with E-state index in [0.29, 0.717) is 12.2 Å². The fourth-order valence-corrected chi connectivity index (χ4v) is 5.00. The first-order valence-electron chi connectivity index (χ1n) is 16.7. The Labute approximate surface area is 232 Å². The minimum absolute atomic E-state index is 0.371. The molecule has 0 aromatic rings. The standard InChI is InChI=1S/C34H66O3/c1-4-5-6-7-8-9-10-11-12-13-14-15-16-17-18-19-20-21-22-23-24-25-26-27-28-29-30-31-32-36-37-34(35)33(2)3/h2,4-32H2,1,3H3. The molecule has 0 rings (SSSR count). The second-order valence-corrected chi connectivity index (χ2v) is 11.5. The van der Waals surface area contributed by atoms with Crippen molar-refractivity contribution in [2.24, 2.45) is 0 Å². The van der Waals surface area contributed by atoms with E-state index in [1.54, 1.807) is 6.92 Å². The van der Waals surface area contributed by atoms with E-state index in [-0.39, 0.29) is 0 Å². The van der Waals surface area contributed by atoms with Crippen molar-refractivity contribution >= 4 is 5.97 Å². The average Bonchev–Trinajstić information content (AvgIpc) is 2.89. The average molecular weight is 523 g/mol. The van der Waals surface area contributed by atoms with Crippen molar-refractivity contribution in [2.75, 3.05) is 6.61 Å². The van der Waals surface area contributed by atoms with Gasteiger partial charge in [0, 0.05) is 5.57 Å². The van der Waals surface area contributed by atoms with Crippen molar-refractivity contribution in [3.05, 3.63) is 12.2 Å². The lowest BCUT2D eigenvalue weighted by Crippen LogP contribution is -2.06. The molecule has 3 nitrogen and oxygen atoms in total. The summed E-state index contributed by atoms with van der Waals surface area (Å²) in [5.74, 6) is -0.472. The van der Waals surface area contributed by atoms with E-state index in [1.165, 1.54) is 167 Å². The van der Waals surface area contributed by atoms with E-state index in [2.05, 4.69) is 18.4 Å². The van der Waals surface area contributed by atoms with Crippen LogP contribution in [0.25, 0.3) is 0 Å². The van der Waals surface area contributed by atoms with E-state index in [4.69, 9.17) is 4.89 Å². The molecule has 0 heterocycles. The summed E-state index contributed by atoms with van der Waals surface area (Å²) in [5.41, 5.74) is 0.371. The monoisotopic (exact) mass is 523 g/mol. The third kappa shape index (κ3) is 31.3. The molecule has 0 aromatic carbocycles. The molecule has 0 amide bonds. The Kier molecular flexibility index (Phi) is 30.7. The van der Waals surface area contributed by atoms with Crippen LogP contribution in [0.15, 0.2) is 12.2 Å². The summed E-state index contributed by atoms with van der Waals surface area (Å²) in [4.78, 5) is 20.7. The largest absolute Gasteiger partial charge is 0.368 e. The Hall–Kier alpha value is -0.830. The van der Waals surface area contributed by atoms with Crippen LogP contribution in [0.1, 0.15) is 194 Å². The number of carbonyl (C=O) groups is 1. The number of hydrogen-bond donors (Lipinski definition) is 0. The zero-order valence-electron chi connectivity index (χ0n) is 25.4. The summed E-state index contributed by atoms with van der Waals surface area (Å²) in [6.07, 6.45) is 39.3. The molecule has 0 N–H and O–H groups in total. The second kappa shape index (κ2) is 31.4. The van der Waals surface area contributed by atoms with Gasteiger partial charge in [0.05, 0.1) is 6.61 Å². The molecule has 0 radical (unpaired) electrons. The maximum absolute atomic E-state index is 11.2. The van der Waals surface area contributed by atoms with Gasteiger partial charge in [0.15, 0.2) is 0 Å². The van der Waals surface area contributed by atoms with Crippen LogP contribution in [0.2, 0.25) is 0 Å². The first-order chi connectivity index (χ1) is 18.2. The normalized spacial score (nSPS) is 11.2. The fourth-order valence-electron chi connectivity index (χ4n) is 5.00. The molecule has 0 spiro atoms. The highest BCUT2D eigenvalue weighted by atomic mass is 17.2. The van der Waals surface area contributed by atoms with Gasteiger partial charge in [-0.2, -0.15) is 4.89 Å². The minimum Gasteiger partial charge on any atom is -0.293 e. The number of unbranched alkanes of at least 4 members (excludes halogenated alkanes) is 27. The topological polar surface area (TPSA) is 35.5 Å². The Bertz CT molecular complexity index is 474. The molecular formula is C34H66O3. The van der Waals surface area contributed by atoms with Crippen LogP contribution in [0, 0.1) is 0 Å². The molecule has 0 unspecified atom stereocenters. The van der Waals surface area contributed by atoms with E-state index in [9.17, 15) is 4.79 Å². The molecule has 0 bridgehead atoms. The Morgan fingerprint density at radius 1 is 0.459 bits per heavy atom. The fraction of sp³-hybridized carbons (Fsp3) is 0.912. The smallest absolute Gasteiger partial charge is 0.293 e. The van der Waals surface area contributed by atoms with Gasteiger partial charge in [-0.3, -0.25) is 4.89 Å². The van der Waals surface area contributed by atoms with Gasteiger partial charge in [-0.25, -0.2) is 4.79 Å². The molecule has 0 aliphatic rings. The molecule has 37 heavy (non-hydrogen) atoms. The van der Waals surface area contributed by atoms with Crippen LogP contribution >= 0.6 is 0 Å². The lowest BCUT2D eigenvalue weighted by molar-refractivity contribution is -0.268. The maximum atomic E-state index is 11.2. The van der Waals surface area contributed by atoms with Gasteiger partial charge in [-0.05, 0) is 13.3 Å². The Morgan fingerprint density at radius 2 is 0.703 bits per heavy atom. The van der Waals surface area contributed by atoms with Crippen molar-refractivity contribution in [1.29, 1.82) is 0 Å². The summed E-state index contributed by atoms with van der Waals surface area (Å²) in [6.45, 7) is 7.92. The summed E-state index contributed by atoms with van der Waals surface area (Å²) >= 11 is 0. The molecule has 0 saturated heterocycles. The van der Waals surface area contributed by atoms with Crippen LogP contribution in [0.4, 0.5) is 0 Å². The molecular weight excluding hydrogens is 456 g/mol. The highest BCUT2D eigenvalue weighted by Crippen LogP contribution is 2.16. The van der Waals surface area contributed by atoms with Crippen LogP contribution in [0.3, 0.4) is 0 Å². The second-order valence-electron chi connectivity index (χ2n) is 11.5. The predicted molar refractivity (Wildman–Crippen MR) is 162 cm³/mol. The van der Waals surface area contributed by atoms with Crippen molar-refractivity contribution in [2.45, 2.75) is 194 Å². The molecule has 0 fully saturated rings. The lowest BCUT2D eigenvalue weighted by Gasteiger charge is -2.05. The van der Waals surface area contributed by atoms with Crippen molar-refractivity contribution in [3.63, 3.8) is 0 Å². The summed E-state index contributed by atoms with van der Waals surface area (Å²) in [6, 6.07) is 0. The van der Waals surface area contributed by atoms with Crippen molar-refractivity contribution in [3.8, 4) is 0 Å². The molecule has 0 aliphatic heterocycles. The molecule has 0 aromatic heterocycles. The summed E-state index contributed by atoms with van der Waals surface area (Å²) in [5, 5.41) is 0. The van der Waals surface area contributed by atoms with E-state index >= 15 is 0 Å². The maximum Gasteiger partial charge on any atom is 0.368 e. The van der Waals surface area contributed by atoms with Gasteiger partial charge < -0.3 is 0 Å². The number of carbonyl (C=O) groups excluding carboxylic acids is 1. The van der Waals surface area contributed by atoms with Crippen LogP contribution in [-0.2, 0) is 14.6 Å². The minimum atomic E-state index is -0.472. The number of rotatable bonds is 31. The summed E-state index contributed by atoms with van der Waals surface area (Å²) in [7, 11) is 0.